The zero-order chi connectivity index (χ0) is 13.9. The quantitative estimate of drug-likeness (QED) is 0.757. The van der Waals surface area contributed by atoms with E-state index in [4.69, 9.17) is 11.6 Å². The maximum absolute atomic E-state index is 11.9. The van der Waals surface area contributed by atoms with Gasteiger partial charge in [-0.05, 0) is 25.0 Å². The van der Waals surface area contributed by atoms with E-state index < -0.39 is 10.0 Å². The number of rotatable bonds is 6. The van der Waals surface area contributed by atoms with Crippen molar-refractivity contribution in [1.29, 1.82) is 0 Å². The predicted molar refractivity (Wildman–Crippen MR) is 70.2 cm³/mol. The van der Waals surface area contributed by atoms with E-state index in [1.165, 1.54) is 18.3 Å². The molecule has 2 N–H and O–H groups in total. The van der Waals surface area contributed by atoms with Crippen molar-refractivity contribution in [3.05, 3.63) is 23.5 Å². The van der Waals surface area contributed by atoms with Crippen LogP contribution in [0.15, 0.2) is 23.2 Å². The molecule has 0 aromatic carbocycles. The van der Waals surface area contributed by atoms with Gasteiger partial charge >= 0.3 is 0 Å². The molecule has 2 rings (SSSR count). The average Bonchev–Trinajstić information content (AvgIpc) is 3.12. The van der Waals surface area contributed by atoms with Crippen LogP contribution in [-0.2, 0) is 14.8 Å². The molecule has 0 aliphatic heterocycles. The number of hydrogen-bond acceptors (Lipinski definition) is 4. The highest BCUT2D eigenvalue weighted by atomic mass is 35.5. The highest BCUT2D eigenvalue weighted by Gasteiger charge is 2.23. The molecule has 1 aromatic heterocycles. The molecule has 0 radical (unpaired) electrons. The molecule has 1 aliphatic carbocycles. The van der Waals surface area contributed by atoms with Crippen LogP contribution in [0, 0.1) is 0 Å². The number of nitrogens with zero attached hydrogens (tertiary/aromatic N) is 1. The first-order valence-electron chi connectivity index (χ1n) is 5.88. The Kier molecular flexibility index (Phi) is 4.38. The van der Waals surface area contributed by atoms with Crippen LogP contribution in [0.3, 0.4) is 0 Å². The largest absolute Gasteiger partial charge is 0.353 e. The van der Waals surface area contributed by atoms with E-state index in [1.54, 1.807) is 0 Å². The van der Waals surface area contributed by atoms with Crippen molar-refractivity contribution in [2.24, 2.45) is 0 Å². The monoisotopic (exact) mass is 303 g/mol. The molecule has 1 amide bonds. The second kappa shape index (κ2) is 5.85. The van der Waals surface area contributed by atoms with Crippen LogP contribution in [0.4, 0.5) is 0 Å². The molecule has 0 spiro atoms. The smallest absolute Gasteiger partial charge is 0.240 e. The van der Waals surface area contributed by atoms with Gasteiger partial charge < -0.3 is 5.32 Å². The molecule has 0 saturated heterocycles. The molecule has 1 fully saturated rings. The van der Waals surface area contributed by atoms with Gasteiger partial charge in [0.05, 0.1) is 4.90 Å². The Morgan fingerprint density at radius 2 is 2.21 bits per heavy atom. The number of sulfonamides is 1. The van der Waals surface area contributed by atoms with Crippen molar-refractivity contribution in [2.45, 2.75) is 30.2 Å². The Labute approximate surface area is 116 Å². The third-order valence-corrected chi connectivity index (χ3v) is 4.26. The lowest BCUT2D eigenvalue weighted by Gasteiger charge is -2.07. The summed E-state index contributed by atoms with van der Waals surface area (Å²) in [5.41, 5.74) is 0. The van der Waals surface area contributed by atoms with Gasteiger partial charge in [0.1, 0.15) is 5.15 Å². The number of carbonyl (C=O) groups is 1. The fourth-order valence-corrected chi connectivity index (χ4v) is 2.74. The first-order chi connectivity index (χ1) is 8.97. The number of nitrogens with one attached hydrogen (secondary N) is 2. The maximum Gasteiger partial charge on any atom is 0.240 e. The Balaban J connectivity index is 1.85. The number of pyridine rings is 1. The zero-order valence-electron chi connectivity index (χ0n) is 10.1. The fraction of sp³-hybridized carbons (Fsp3) is 0.455. The van der Waals surface area contributed by atoms with Crippen LogP contribution in [0.1, 0.15) is 19.3 Å². The second-order valence-corrected chi connectivity index (χ2v) is 6.46. The van der Waals surface area contributed by atoms with E-state index in [0.29, 0.717) is 0 Å². The van der Waals surface area contributed by atoms with E-state index in [-0.39, 0.29) is 35.0 Å². The lowest BCUT2D eigenvalue weighted by atomic mass is 10.4. The van der Waals surface area contributed by atoms with E-state index in [1.807, 2.05) is 0 Å². The van der Waals surface area contributed by atoms with Crippen molar-refractivity contribution < 1.29 is 13.2 Å². The van der Waals surface area contributed by atoms with Crippen molar-refractivity contribution in [3.8, 4) is 0 Å². The van der Waals surface area contributed by atoms with Crippen LogP contribution >= 0.6 is 11.6 Å². The first-order valence-corrected chi connectivity index (χ1v) is 7.74. The van der Waals surface area contributed by atoms with Crippen molar-refractivity contribution in [3.63, 3.8) is 0 Å². The van der Waals surface area contributed by atoms with Crippen molar-refractivity contribution >= 4 is 27.5 Å². The van der Waals surface area contributed by atoms with Gasteiger partial charge in [-0.25, -0.2) is 18.1 Å². The summed E-state index contributed by atoms with van der Waals surface area (Å²) in [7, 11) is -3.65. The van der Waals surface area contributed by atoms with Crippen LogP contribution in [-0.4, -0.2) is 31.9 Å². The van der Waals surface area contributed by atoms with Gasteiger partial charge in [-0.3, -0.25) is 4.79 Å². The highest BCUT2D eigenvalue weighted by Crippen LogP contribution is 2.18. The Morgan fingerprint density at radius 3 is 2.84 bits per heavy atom. The minimum absolute atomic E-state index is 0.0371. The van der Waals surface area contributed by atoms with E-state index in [9.17, 15) is 13.2 Å². The zero-order valence-corrected chi connectivity index (χ0v) is 11.7. The Hall–Kier alpha value is -1.18. The summed E-state index contributed by atoms with van der Waals surface area (Å²) < 4.78 is 26.1. The Bertz CT molecular complexity index is 572. The summed E-state index contributed by atoms with van der Waals surface area (Å²) in [6.07, 6.45) is 3.45. The topological polar surface area (TPSA) is 88.2 Å². The van der Waals surface area contributed by atoms with Crippen LogP contribution in [0.25, 0.3) is 0 Å². The van der Waals surface area contributed by atoms with Gasteiger partial charge in [-0.1, -0.05) is 11.6 Å². The molecule has 104 valence electrons. The minimum Gasteiger partial charge on any atom is -0.353 e. The second-order valence-electron chi connectivity index (χ2n) is 4.30. The SMILES string of the molecule is O=C(CCNS(=O)(=O)c1ccnc(Cl)c1)NC1CC1. The number of hydrogen-bond donors (Lipinski definition) is 2. The van der Waals surface area contributed by atoms with Gasteiger partial charge in [0, 0.05) is 25.2 Å². The van der Waals surface area contributed by atoms with Crippen LogP contribution in [0.2, 0.25) is 5.15 Å². The molecule has 1 saturated carbocycles. The van der Waals surface area contributed by atoms with Gasteiger partial charge in [0.2, 0.25) is 15.9 Å². The van der Waals surface area contributed by atoms with Crippen LogP contribution < -0.4 is 10.0 Å². The van der Waals surface area contributed by atoms with Gasteiger partial charge in [-0.2, -0.15) is 0 Å². The number of aromatic nitrogens is 1. The average molecular weight is 304 g/mol. The summed E-state index contributed by atoms with van der Waals surface area (Å²) in [6, 6.07) is 2.88. The standard InChI is InChI=1S/C11H14ClN3O3S/c12-10-7-9(3-5-13-10)19(17,18)14-6-4-11(16)15-8-1-2-8/h3,5,7-8,14H,1-2,4,6H2,(H,15,16). The van der Waals surface area contributed by atoms with Crippen molar-refractivity contribution in [2.75, 3.05) is 6.54 Å². The molecule has 6 nitrogen and oxygen atoms in total. The number of carbonyl (C=O) groups excluding carboxylic acids is 1. The molecule has 0 atom stereocenters. The fourth-order valence-electron chi connectivity index (χ4n) is 1.46. The molecular formula is C11H14ClN3O3S. The lowest BCUT2D eigenvalue weighted by Crippen LogP contribution is -2.31. The van der Waals surface area contributed by atoms with E-state index in [2.05, 4.69) is 15.0 Å². The number of halogens is 1. The lowest BCUT2D eigenvalue weighted by molar-refractivity contribution is -0.121. The molecule has 1 heterocycles. The highest BCUT2D eigenvalue weighted by molar-refractivity contribution is 7.89. The normalized spacial score (nSPS) is 15.2. The van der Waals surface area contributed by atoms with Gasteiger partial charge in [0.15, 0.2) is 0 Å². The summed E-state index contributed by atoms with van der Waals surface area (Å²) in [4.78, 5) is 15.1. The molecule has 1 aliphatic rings. The summed E-state index contributed by atoms with van der Waals surface area (Å²) in [6.45, 7) is 0.0564. The van der Waals surface area contributed by atoms with Crippen molar-refractivity contribution in [1.82, 2.24) is 15.0 Å². The maximum atomic E-state index is 11.9. The predicted octanol–water partition coefficient (Wildman–Crippen LogP) is 0.682. The minimum atomic E-state index is -3.65. The van der Waals surface area contributed by atoms with E-state index in [0.717, 1.165) is 12.8 Å². The first kappa shape index (κ1) is 14.2. The van der Waals surface area contributed by atoms with Gasteiger partial charge in [0.25, 0.3) is 0 Å². The summed E-state index contributed by atoms with van der Waals surface area (Å²) in [5.74, 6) is -0.141. The third-order valence-electron chi connectivity index (χ3n) is 2.59. The molecule has 8 heteroatoms. The number of amides is 1. The summed E-state index contributed by atoms with van der Waals surface area (Å²) in [5, 5.41) is 2.89. The van der Waals surface area contributed by atoms with Crippen LogP contribution in [0.5, 0.6) is 0 Å². The third kappa shape index (κ3) is 4.45. The molecule has 19 heavy (non-hydrogen) atoms. The van der Waals surface area contributed by atoms with E-state index >= 15 is 0 Å². The molecule has 0 unspecified atom stereocenters. The van der Waals surface area contributed by atoms with Gasteiger partial charge in [-0.15, -0.1) is 0 Å². The molecular weight excluding hydrogens is 290 g/mol. The summed E-state index contributed by atoms with van der Waals surface area (Å²) >= 11 is 5.63. The molecule has 0 bridgehead atoms. The molecule has 1 aromatic rings. The Morgan fingerprint density at radius 1 is 1.47 bits per heavy atom.